The summed E-state index contributed by atoms with van der Waals surface area (Å²) in [4.78, 5) is 19.9. The number of hydrogen-bond acceptors (Lipinski definition) is 4. The van der Waals surface area contributed by atoms with Gasteiger partial charge >= 0.3 is 6.03 Å². The molecule has 4 rings (SSSR count). The number of H-pyrrole nitrogens is 1. The molecule has 1 atom stereocenters. The summed E-state index contributed by atoms with van der Waals surface area (Å²) in [6.07, 6.45) is 4.88. The smallest absolute Gasteiger partial charge is 0.319 e. The molecule has 164 valence electrons. The summed E-state index contributed by atoms with van der Waals surface area (Å²) in [6.45, 7) is 1.92. The van der Waals surface area contributed by atoms with Crippen LogP contribution in [0.3, 0.4) is 0 Å². The molecule has 2 amide bonds. The molecule has 7 heteroatoms. The number of rotatable bonds is 8. The number of fused-ring (bicyclic) bond motifs is 1. The maximum absolute atomic E-state index is 12.4. The van der Waals surface area contributed by atoms with Gasteiger partial charge in [-0.15, -0.1) is 0 Å². The van der Waals surface area contributed by atoms with Crippen molar-refractivity contribution in [3.8, 4) is 11.6 Å². The van der Waals surface area contributed by atoms with E-state index < -0.39 is 12.1 Å². The molecule has 0 bridgehead atoms. The Morgan fingerprint density at radius 1 is 1.16 bits per heavy atom. The number of carbonyl (C=O) groups is 1. The van der Waals surface area contributed by atoms with E-state index in [1.165, 1.54) is 11.8 Å². The summed E-state index contributed by atoms with van der Waals surface area (Å²) < 4.78 is 5.78. The highest BCUT2D eigenvalue weighted by molar-refractivity contribution is 5.89. The minimum Gasteiger partial charge on any atom is -0.439 e. The van der Waals surface area contributed by atoms with E-state index in [1.54, 1.807) is 12.1 Å². The van der Waals surface area contributed by atoms with Gasteiger partial charge in [-0.2, -0.15) is 0 Å². The maximum Gasteiger partial charge on any atom is 0.319 e. The monoisotopic (exact) mass is 430 g/mol. The molecule has 32 heavy (non-hydrogen) atoms. The minimum atomic E-state index is -0.421. The second-order valence-corrected chi connectivity index (χ2v) is 7.53. The summed E-state index contributed by atoms with van der Waals surface area (Å²) in [7, 11) is 0. The van der Waals surface area contributed by atoms with E-state index in [4.69, 9.17) is 4.74 Å². The summed E-state index contributed by atoms with van der Waals surface area (Å²) in [5, 5.41) is 16.4. The largest absolute Gasteiger partial charge is 0.439 e. The fraction of sp³-hybridized carbons (Fsp3) is 0.200. The van der Waals surface area contributed by atoms with Crippen LogP contribution in [-0.4, -0.2) is 33.8 Å². The Hall–Kier alpha value is -3.84. The quantitative estimate of drug-likeness (QED) is 0.327. The number of nitrogens with zero attached hydrogens (tertiary/aromatic N) is 1. The van der Waals surface area contributed by atoms with Crippen molar-refractivity contribution >= 4 is 22.6 Å². The second kappa shape index (κ2) is 9.98. The number of para-hydroxylation sites is 1. The Labute approximate surface area is 186 Å². The van der Waals surface area contributed by atoms with Crippen molar-refractivity contribution in [3.63, 3.8) is 0 Å². The van der Waals surface area contributed by atoms with Crippen molar-refractivity contribution in [1.29, 1.82) is 0 Å². The number of ether oxygens (including phenoxy) is 1. The predicted molar refractivity (Wildman–Crippen MR) is 125 cm³/mol. The Kier molecular flexibility index (Phi) is 6.67. The number of aromatic amines is 1. The predicted octanol–water partition coefficient (Wildman–Crippen LogP) is 4.64. The van der Waals surface area contributed by atoms with E-state index in [9.17, 15) is 9.90 Å². The topological polar surface area (TPSA) is 99.3 Å². The van der Waals surface area contributed by atoms with Crippen molar-refractivity contribution < 1.29 is 14.6 Å². The average Bonchev–Trinajstić information content (AvgIpc) is 3.23. The third-order valence-electron chi connectivity index (χ3n) is 5.22. The normalized spacial score (nSPS) is 11.8. The zero-order valence-corrected chi connectivity index (χ0v) is 17.8. The fourth-order valence-corrected chi connectivity index (χ4v) is 3.54. The molecule has 4 aromatic rings. The molecule has 0 saturated carbocycles. The van der Waals surface area contributed by atoms with Crippen LogP contribution in [0.4, 0.5) is 10.5 Å². The number of nitrogens with one attached hydrogen (secondary N) is 3. The summed E-state index contributed by atoms with van der Waals surface area (Å²) in [5.41, 5.74) is 3.78. The third kappa shape index (κ3) is 5.25. The number of carbonyl (C=O) groups excluding carboxylic acids is 1. The van der Waals surface area contributed by atoms with E-state index in [0.717, 1.165) is 28.6 Å². The first-order chi connectivity index (χ1) is 15.6. The number of anilines is 1. The number of aromatic nitrogens is 2. The van der Waals surface area contributed by atoms with Crippen LogP contribution in [0.2, 0.25) is 0 Å². The van der Waals surface area contributed by atoms with Crippen LogP contribution in [0.15, 0.2) is 73.1 Å². The molecule has 0 fully saturated rings. The van der Waals surface area contributed by atoms with Gasteiger partial charge in [0.1, 0.15) is 5.75 Å². The molecule has 2 aromatic heterocycles. The molecule has 1 unspecified atom stereocenters. The van der Waals surface area contributed by atoms with E-state index in [2.05, 4.69) is 27.5 Å². The molecule has 2 heterocycles. The standard InChI is InChI=1S/C25H26N4O3/c1-2-17-6-5-7-21(12-17)32-24-11-10-19(15-27-24)28-25(31)29-20(16-30)13-18-14-26-23-9-4-3-8-22(18)23/h3-12,14-15,20,26,30H,2,13,16H2,1H3,(H2,28,29,31). The maximum atomic E-state index is 12.4. The van der Waals surface area contributed by atoms with Gasteiger partial charge in [-0.05, 0) is 48.2 Å². The van der Waals surface area contributed by atoms with Gasteiger partial charge in [0.05, 0.1) is 24.5 Å². The van der Waals surface area contributed by atoms with Crippen LogP contribution in [-0.2, 0) is 12.8 Å². The number of urea groups is 1. The van der Waals surface area contributed by atoms with Gasteiger partial charge in [-0.25, -0.2) is 9.78 Å². The van der Waals surface area contributed by atoms with E-state index >= 15 is 0 Å². The lowest BCUT2D eigenvalue weighted by atomic mass is 10.1. The van der Waals surface area contributed by atoms with Crippen molar-refractivity contribution in [2.75, 3.05) is 11.9 Å². The number of aliphatic hydroxyl groups is 1. The molecule has 7 nitrogen and oxygen atoms in total. The third-order valence-corrected chi connectivity index (χ3v) is 5.22. The van der Waals surface area contributed by atoms with Crippen LogP contribution < -0.4 is 15.4 Å². The molecule has 0 aliphatic rings. The summed E-state index contributed by atoms with van der Waals surface area (Å²) in [6, 6.07) is 18.4. The molecule has 0 aliphatic heterocycles. The molecule has 4 N–H and O–H groups in total. The first kappa shape index (κ1) is 21.4. The first-order valence-electron chi connectivity index (χ1n) is 10.6. The Balaban J connectivity index is 1.33. The number of hydrogen-bond donors (Lipinski definition) is 4. The number of benzene rings is 2. The van der Waals surface area contributed by atoms with Crippen molar-refractivity contribution in [2.24, 2.45) is 0 Å². The van der Waals surface area contributed by atoms with Gasteiger partial charge in [0.2, 0.25) is 5.88 Å². The Bertz CT molecular complexity index is 1190. The highest BCUT2D eigenvalue weighted by Gasteiger charge is 2.15. The molecule has 2 aromatic carbocycles. The molecule has 0 saturated heterocycles. The molecule has 0 radical (unpaired) electrons. The number of pyridine rings is 1. The molecule has 0 aliphatic carbocycles. The highest BCUT2D eigenvalue weighted by atomic mass is 16.5. The number of amides is 2. The van der Waals surface area contributed by atoms with Crippen LogP contribution >= 0.6 is 0 Å². The van der Waals surface area contributed by atoms with Gasteiger partial charge in [0, 0.05) is 23.2 Å². The van der Waals surface area contributed by atoms with Gasteiger partial charge in [0.25, 0.3) is 0 Å². The van der Waals surface area contributed by atoms with E-state index in [1.807, 2.05) is 54.7 Å². The van der Waals surface area contributed by atoms with Gasteiger partial charge in [0.15, 0.2) is 0 Å². The van der Waals surface area contributed by atoms with Crippen LogP contribution in [0.1, 0.15) is 18.1 Å². The number of aliphatic hydroxyl groups excluding tert-OH is 1. The van der Waals surface area contributed by atoms with Crippen LogP contribution in [0, 0.1) is 0 Å². The zero-order chi connectivity index (χ0) is 22.3. The van der Waals surface area contributed by atoms with Crippen molar-refractivity contribution in [1.82, 2.24) is 15.3 Å². The average molecular weight is 431 g/mol. The summed E-state index contributed by atoms with van der Waals surface area (Å²) >= 11 is 0. The highest BCUT2D eigenvalue weighted by Crippen LogP contribution is 2.22. The first-order valence-corrected chi connectivity index (χ1v) is 10.6. The lowest BCUT2D eigenvalue weighted by Gasteiger charge is -2.16. The van der Waals surface area contributed by atoms with Gasteiger partial charge in [-0.3, -0.25) is 0 Å². The SMILES string of the molecule is CCc1cccc(Oc2ccc(NC(=O)NC(CO)Cc3c[nH]c4ccccc34)cn2)c1. The lowest BCUT2D eigenvalue weighted by molar-refractivity contribution is 0.224. The minimum absolute atomic E-state index is 0.172. The van der Waals surface area contributed by atoms with Gasteiger partial charge in [-0.1, -0.05) is 37.3 Å². The van der Waals surface area contributed by atoms with Gasteiger partial charge < -0.3 is 25.5 Å². The lowest BCUT2D eigenvalue weighted by Crippen LogP contribution is -2.41. The van der Waals surface area contributed by atoms with Crippen molar-refractivity contribution in [2.45, 2.75) is 25.8 Å². The summed E-state index contributed by atoms with van der Waals surface area (Å²) in [5.74, 6) is 1.16. The zero-order valence-electron chi connectivity index (χ0n) is 17.8. The number of aryl methyl sites for hydroxylation is 1. The van der Waals surface area contributed by atoms with Crippen LogP contribution in [0.25, 0.3) is 10.9 Å². The fourth-order valence-electron chi connectivity index (χ4n) is 3.54. The van der Waals surface area contributed by atoms with E-state index in [-0.39, 0.29) is 6.61 Å². The van der Waals surface area contributed by atoms with Crippen LogP contribution in [0.5, 0.6) is 11.6 Å². The Morgan fingerprint density at radius 2 is 2.03 bits per heavy atom. The second-order valence-electron chi connectivity index (χ2n) is 7.53. The van der Waals surface area contributed by atoms with E-state index in [0.29, 0.717) is 18.0 Å². The van der Waals surface area contributed by atoms with Crippen molar-refractivity contribution in [3.05, 3.63) is 84.2 Å². The molecular weight excluding hydrogens is 404 g/mol. The Morgan fingerprint density at radius 3 is 2.81 bits per heavy atom. The molecular formula is C25H26N4O3. The molecule has 0 spiro atoms.